The van der Waals surface area contributed by atoms with Crippen LogP contribution in [0.15, 0.2) is 23.9 Å². The molecule has 0 aliphatic carbocycles. The standard InChI is InChI=1S/C13H26N2/c1-5-7-9-13(11(3)4)15-12(10-14)8-6-2/h8,13,15H,3,5-7,9-10,14H2,1-2,4H3/b12-8+. The van der Waals surface area contributed by atoms with Crippen LogP contribution >= 0.6 is 0 Å². The molecule has 2 heteroatoms. The third-order valence-corrected chi connectivity index (χ3v) is 2.47. The van der Waals surface area contributed by atoms with Crippen LogP contribution in [0.2, 0.25) is 0 Å². The van der Waals surface area contributed by atoms with Crippen molar-refractivity contribution >= 4 is 0 Å². The van der Waals surface area contributed by atoms with Crippen molar-refractivity contribution < 1.29 is 0 Å². The van der Waals surface area contributed by atoms with Gasteiger partial charge in [0, 0.05) is 18.3 Å². The molecule has 0 aromatic heterocycles. The van der Waals surface area contributed by atoms with Crippen LogP contribution in [0.5, 0.6) is 0 Å². The molecule has 0 fully saturated rings. The summed E-state index contributed by atoms with van der Waals surface area (Å²) >= 11 is 0. The van der Waals surface area contributed by atoms with Crippen LogP contribution in [0.25, 0.3) is 0 Å². The van der Waals surface area contributed by atoms with E-state index in [1.807, 2.05) is 0 Å². The van der Waals surface area contributed by atoms with Gasteiger partial charge in [-0.15, -0.1) is 0 Å². The fourth-order valence-corrected chi connectivity index (χ4v) is 1.52. The summed E-state index contributed by atoms with van der Waals surface area (Å²) in [5, 5.41) is 3.48. The largest absolute Gasteiger partial charge is 0.381 e. The molecule has 0 saturated carbocycles. The van der Waals surface area contributed by atoms with Crippen molar-refractivity contribution in [3.8, 4) is 0 Å². The van der Waals surface area contributed by atoms with Gasteiger partial charge < -0.3 is 11.1 Å². The van der Waals surface area contributed by atoms with E-state index in [4.69, 9.17) is 5.73 Å². The summed E-state index contributed by atoms with van der Waals surface area (Å²) < 4.78 is 0. The highest BCUT2D eigenvalue weighted by Gasteiger charge is 2.08. The maximum atomic E-state index is 5.68. The first kappa shape index (κ1) is 14.2. The minimum absolute atomic E-state index is 0.381. The van der Waals surface area contributed by atoms with E-state index in [0.717, 1.165) is 18.5 Å². The number of allylic oxidation sites excluding steroid dienone is 1. The number of nitrogens with one attached hydrogen (secondary N) is 1. The van der Waals surface area contributed by atoms with Crippen LogP contribution in [0.4, 0.5) is 0 Å². The average Bonchev–Trinajstić information content (AvgIpc) is 2.22. The summed E-state index contributed by atoms with van der Waals surface area (Å²) in [6, 6.07) is 0.381. The Hall–Kier alpha value is -0.760. The smallest absolute Gasteiger partial charge is 0.0465 e. The van der Waals surface area contributed by atoms with Crippen molar-refractivity contribution in [2.75, 3.05) is 6.54 Å². The van der Waals surface area contributed by atoms with Crippen LogP contribution in [0.3, 0.4) is 0 Å². The molecule has 0 rings (SSSR count). The molecule has 0 aromatic rings. The molecule has 0 radical (unpaired) electrons. The molecule has 0 heterocycles. The Morgan fingerprint density at radius 1 is 1.47 bits per heavy atom. The van der Waals surface area contributed by atoms with Crippen LogP contribution in [-0.2, 0) is 0 Å². The lowest BCUT2D eigenvalue weighted by molar-refractivity contribution is 0.554. The van der Waals surface area contributed by atoms with Gasteiger partial charge in [-0.2, -0.15) is 0 Å². The van der Waals surface area contributed by atoms with Crippen LogP contribution in [-0.4, -0.2) is 12.6 Å². The Kier molecular flexibility index (Phi) is 8.11. The van der Waals surface area contributed by atoms with E-state index in [9.17, 15) is 0 Å². The average molecular weight is 210 g/mol. The molecule has 15 heavy (non-hydrogen) atoms. The second-order valence-electron chi connectivity index (χ2n) is 4.03. The second kappa shape index (κ2) is 8.54. The third-order valence-electron chi connectivity index (χ3n) is 2.47. The minimum atomic E-state index is 0.381. The molecule has 0 aliphatic heterocycles. The topological polar surface area (TPSA) is 38.0 Å². The molecule has 3 N–H and O–H groups in total. The highest BCUT2D eigenvalue weighted by Crippen LogP contribution is 2.10. The zero-order valence-corrected chi connectivity index (χ0v) is 10.5. The van der Waals surface area contributed by atoms with Crippen LogP contribution in [0.1, 0.15) is 46.5 Å². The Morgan fingerprint density at radius 2 is 2.13 bits per heavy atom. The van der Waals surface area contributed by atoms with E-state index < -0.39 is 0 Å². The lowest BCUT2D eigenvalue weighted by Gasteiger charge is -2.21. The molecular formula is C13H26N2. The first-order chi connectivity index (χ1) is 7.15. The van der Waals surface area contributed by atoms with E-state index in [1.165, 1.54) is 18.4 Å². The van der Waals surface area contributed by atoms with E-state index >= 15 is 0 Å². The molecular weight excluding hydrogens is 184 g/mol. The number of rotatable bonds is 8. The Balaban J connectivity index is 4.25. The van der Waals surface area contributed by atoms with Gasteiger partial charge in [-0.05, 0) is 19.8 Å². The monoisotopic (exact) mass is 210 g/mol. The highest BCUT2D eigenvalue weighted by molar-refractivity contribution is 5.10. The summed E-state index contributed by atoms with van der Waals surface area (Å²) in [7, 11) is 0. The Labute approximate surface area is 94.6 Å². The molecule has 0 aliphatic rings. The van der Waals surface area contributed by atoms with Crippen molar-refractivity contribution in [3.63, 3.8) is 0 Å². The number of hydrogen-bond donors (Lipinski definition) is 2. The van der Waals surface area contributed by atoms with E-state index in [-0.39, 0.29) is 0 Å². The van der Waals surface area contributed by atoms with Gasteiger partial charge in [0.15, 0.2) is 0 Å². The number of nitrogens with two attached hydrogens (primary N) is 1. The zero-order chi connectivity index (χ0) is 11.7. The highest BCUT2D eigenvalue weighted by atomic mass is 14.9. The quantitative estimate of drug-likeness (QED) is 0.604. The van der Waals surface area contributed by atoms with Gasteiger partial charge in [0.25, 0.3) is 0 Å². The van der Waals surface area contributed by atoms with Gasteiger partial charge in [-0.3, -0.25) is 0 Å². The van der Waals surface area contributed by atoms with E-state index in [0.29, 0.717) is 12.6 Å². The fourth-order valence-electron chi connectivity index (χ4n) is 1.52. The number of hydrogen-bond acceptors (Lipinski definition) is 2. The normalized spacial score (nSPS) is 13.7. The fraction of sp³-hybridized carbons (Fsp3) is 0.692. The van der Waals surface area contributed by atoms with E-state index in [2.05, 4.69) is 38.7 Å². The van der Waals surface area contributed by atoms with E-state index in [1.54, 1.807) is 0 Å². The van der Waals surface area contributed by atoms with Gasteiger partial charge in [0.1, 0.15) is 0 Å². The molecule has 1 atom stereocenters. The first-order valence-electron chi connectivity index (χ1n) is 5.96. The van der Waals surface area contributed by atoms with Crippen LogP contribution in [0, 0.1) is 0 Å². The number of unbranched alkanes of at least 4 members (excludes halogenated alkanes) is 1. The van der Waals surface area contributed by atoms with Gasteiger partial charge in [0.2, 0.25) is 0 Å². The molecule has 88 valence electrons. The molecule has 0 aromatic carbocycles. The SMILES string of the molecule is C=C(C)C(CCCC)N/C(=C/CC)CN. The molecule has 0 amide bonds. The molecule has 0 spiro atoms. The van der Waals surface area contributed by atoms with Gasteiger partial charge in [-0.25, -0.2) is 0 Å². The summed E-state index contributed by atoms with van der Waals surface area (Å²) in [5.41, 5.74) is 8.01. The van der Waals surface area contributed by atoms with Gasteiger partial charge in [-0.1, -0.05) is 44.9 Å². The molecule has 2 nitrogen and oxygen atoms in total. The summed E-state index contributed by atoms with van der Waals surface area (Å²) in [6.45, 7) is 11.0. The summed E-state index contributed by atoms with van der Waals surface area (Å²) in [6.07, 6.45) is 6.78. The van der Waals surface area contributed by atoms with Crippen molar-refractivity contribution in [1.82, 2.24) is 5.32 Å². The van der Waals surface area contributed by atoms with Crippen molar-refractivity contribution in [2.45, 2.75) is 52.5 Å². The lowest BCUT2D eigenvalue weighted by Crippen LogP contribution is -2.32. The molecule has 1 unspecified atom stereocenters. The Morgan fingerprint density at radius 3 is 2.53 bits per heavy atom. The summed E-state index contributed by atoms with van der Waals surface area (Å²) in [5.74, 6) is 0. The lowest BCUT2D eigenvalue weighted by atomic mass is 10.0. The maximum absolute atomic E-state index is 5.68. The maximum Gasteiger partial charge on any atom is 0.0465 e. The zero-order valence-electron chi connectivity index (χ0n) is 10.5. The van der Waals surface area contributed by atoms with Gasteiger partial charge >= 0.3 is 0 Å². The van der Waals surface area contributed by atoms with Crippen molar-refractivity contribution in [3.05, 3.63) is 23.9 Å². The van der Waals surface area contributed by atoms with Crippen molar-refractivity contribution in [2.24, 2.45) is 5.73 Å². The van der Waals surface area contributed by atoms with Crippen molar-refractivity contribution in [1.29, 1.82) is 0 Å². The summed E-state index contributed by atoms with van der Waals surface area (Å²) in [4.78, 5) is 0. The first-order valence-corrected chi connectivity index (χ1v) is 5.96. The molecule has 0 saturated heterocycles. The van der Waals surface area contributed by atoms with Crippen LogP contribution < -0.4 is 11.1 Å². The minimum Gasteiger partial charge on any atom is -0.381 e. The van der Waals surface area contributed by atoms with Gasteiger partial charge in [0.05, 0.1) is 0 Å². The predicted octanol–water partition coefficient (Wildman–Crippen LogP) is 2.96. The third kappa shape index (κ3) is 6.34. The molecule has 0 bridgehead atoms. The second-order valence-corrected chi connectivity index (χ2v) is 4.03. The predicted molar refractivity (Wildman–Crippen MR) is 68.7 cm³/mol. The Bertz CT molecular complexity index is 207.